The van der Waals surface area contributed by atoms with Crippen LogP contribution in [0.25, 0.3) is 0 Å². The number of carbonyl (C=O) groups excluding carboxylic acids is 2. The second-order valence-electron chi connectivity index (χ2n) is 5.88. The summed E-state index contributed by atoms with van der Waals surface area (Å²) in [6.45, 7) is 2.09. The van der Waals surface area contributed by atoms with Crippen molar-refractivity contribution in [2.75, 3.05) is 18.8 Å². The molecule has 2 heterocycles. The van der Waals surface area contributed by atoms with Gasteiger partial charge in [0.25, 0.3) is 5.91 Å². The van der Waals surface area contributed by atoms with Gasteiger partial charge in [0.15, 0.2) is 0 Å². The molecule has 1 saturated heterocycles. The van der Waals surface area contributed by atoms with Crippen LogP contribution in [0.3, 0.4) is 0 Å². The first-order valence-electron chi connectivity index (χ1n) is 8.42. The van der Waals surface area contributed by atoms with E-state index in [1.54, 1.807) is 12.3 Å². The van der Waals surface area contributed by atoms with Gasteiger partial charge in [-0.3, -0.25) is 14.6 Å². The fraction of sp³-hybridized carbons (Fsp3) is 0.316. The topological polar surface area (TPSA) is 62.3 Å². The molecule has 0 atom stereocenters. The van der Waals surface area contributed by atoms with Crippen molar-refractivity contribution in [3.8, 4) is 0 Å². The maximum absolute atomic E-state index is 12.5. The SMILES string of the molecule is O=C(NCc1ccccn1)c1ccccc1SCC(=O)N1CCCC1. The maximum atomic E-state index is 12.5. The van der Waals surface area contributed by atoms with Gasteiger partial charge in [0.2, 0.25) is 5.91 Å². The number of pyridine rings is 1. The van der Waals surface area contributed by atoms with Crippen LogP contribution in [0.5, 0.6) is 0 Å². The highest BCUT2D eigenvalue weighted by Crippen LogP contribution is 2.23. The van der Waals surface area contributed by atoms with Crippen molar-refractivity contribution in [1.29, 1.82) is 0 Å². The molecule has 3 rings (SSSR count). The molecule has 2 aromatic rings. The Hall–Kier alpha value is -2.34. The first kappa shape index (κ1) is 17.5. The molecule has 5 nitrogen and oxygen atoms in total. The second kappa shape index (κ2) is 8.67. The van der Waals surface area contributed by atoms with E-state index in [2.05, 4.69) is 10.3 Å². The van der Waals surface area contributed by atoms with Crippen LogP contribution in [0.4, 0.5) is 0 Å². The van der Waals surface area contributed by atoms with Crippen LogP contribution in [0.2, 0.25) is 0 Å². The van der Waals surface area contributed by atoms with Gasteiger partial charge >= 0.3 is 0 Å². The van der Waals surface area contributed by atoms with Crippen molar-refractivity contribution in [1.82, 2.24) is 15.2 Å². The van der Waals surface area contributed by atoms with Crippen molar-refractivity contribution in [2.45, 2.75) is 24.3 Å². The molecule has 1 fully saturated rings. The number of rotatable bonds is 6. The van der Waals surface area contributed by atoms with Gasteiger partial charge in [-0.15, -0.1) is 11.8 Å². The van der Waals surface area contributed by atoms with Gasteiger partial charge in [0, 0.05) is 24.2 Å². The summed E-state index contributed by atoms with van der Waals surface area (Å²) >= 11 is 1.42. The van der Waals surface area contributed by atoms with E-state index in [-0.39, 0.29) is 11.8 Å². The highest BCUT2D eigenvalue weighted by atomic mass is 32.2. The Morgan fingerprint density at radius 1 is 1.08 bits per heavy atom. The summed E-state index contributed by atoms with van der Waals surface area (Å²) in [5, 5.41) is 2.89. The minimum absolute atomic E-state index is 0.145. The first-order valence-corrected chi connectivity index (χ1v) is 9.40. The third kappa shape index (κ3) is 4.82. The molecule has 0 saturated carbocycles. The molecule has 0 bridgehead atoms. The summed E-state index contributed by atoms with van der Waals surface area (Å²) in [5.41, 5.74) is 1.41. The van der Waals surface area contributed by atoms with Crippen LogP contribution in [-0.4, -0.2) is 40.5 Å². The number of nitrogens with one attached hydrogen (secondary N) is 1. The highest BCUT2D eigenvalue weighted by Gasteiger charge is 2.19. The van der Waals surface area contributed by atoms with Crippen molar-refractivity contribution in [2.24, 2.45) is 0 Å². The van der Waals surface area contributed by atoms with E-state index in [9.17, 15) is 9.59 Å². The second-order valence-corrected chi connectivity index (χ2v) is 6.89. The Bertz CT molecular complexity index is 730. The van der Waals surface area contributed by atoms with Crippen LogP contribution in [-0.2, 0) is 11.3 Å². The van der Waals surface area contributed by atoms with Crippen molar-refractivity contribution >= 4 is 23.6 Å². The van der Waals surface area contributed by atoms with E-state index >= 15 is 0 Å². The normalized spacial score (nSPS) is 13.7. The lowest BCUT2D eigenvalue weighted by Gasteiger charge is -2.15. The van der Waals surface area contributed by atoms with Crippen LogP contribution in [0.15, 0.2) is 53.6 Å². The van der Waals surface area contributed by atoms with Gasteiger partial charge in [-0.1, -0.05) is 18.2 Å². The number of hydrogen-bond acceptors (Lipinski definition) is 4. The van der Waals surface area contributed by atoms with Gasteiger partial charge in [-0.05, 0) is 37.1 Å². The zero-order valence-corrected chi connectivity index (χ0v) is 14.8. The molecule has 1 aliphatic heterocycles. The lowest BCUT2D eigenvalue weighted by molar-refractivity contribution is -0.127. The van der Waals surface area contributed by atoms with Gasteiger partial charge in [0.1, 0.15) is 0 Å². The van der Waals surface area contributed by atoms with Crippen molar-refractivity contribution < 1.29 is 9.59 Å². The fourth-order valence-corrected chi connectivity index (χ4v) is 3.70. The molecule has 0 radical (unpaired) electrons. The molecule has 1 aromatic carbocycles. The Labute approximate surface area is 151 Å². The monoisotopic (exact) mass is 355 g/mol. The molecule has 0 unspecified atom stereocenters. The van der Waals surface area contributed by atoms with E-state index in [1.807, 2.05) is 41.3 Å². The Morgan fingerprint density at radius 2 is 1.84 bits per heavy atom. The summed E-state index contributed by atoms with van der Waals surface area (Å²) in [4.78, 5) is 31.6. The molecule has 0 spiro atoms. The standard InChI is InChI=1S/C19H21N3O2S/c23-18(22-11-5-6-12-22)14-25-17-9-2-1-8-16(17)19(24)21-13-15-7-3-4-10-20-15/h1-4,7-10H,5-6,11-14H2,(H,21,24). The number of hydrogen-bond donors (Lipinski definition) is 1. The number of nitrogens with zero attached hydrogens (tertiary/aromatic N) is 2. The lowest BCUT2D eigenvalue weighted by atomic mass is 10.2. The minimum atomic E-state index is -0.151. The number of likely N-dealkylation sites (tertiary alicyclic amines) is 1. The van der Waals surface area contributed by atoms with E-state index in [0.717, 1.165) is 36.5 Å². The van der Waals surface area contributed by atoms with Gasteiger partial charge in [-0.2, -0.15) is 0 Å². The Morgan fingerprint density at radius 3 is 2.60 bits per heavy atom. The smallest absolute Gasteiger partial charge is 0.252 e. The molecule has 1 aromatic heterocycles. The molecule has 2 amide bonds. The Kier molecular flexibility index (Phi) is 6.06. The third-order valence-electron chi connectivity index (χ3n) is 4.10. The average Bonchev–Trinajstić information content (AvgIpc) is 3.20. The predicted octanol–water partition coefficient (Wildman–Crippen LogP) is 2.73. The van der Waals surface area contributed by atoms with E-state index in [0.29, 0.717) is 17.9 Å². The summed E-state index contributed by atoms with van der Waals surface area (Å²) in [5.74, 6) is 0.360. The maximum Gasteiger partial charge on any atom is 0.252 e. The molecule has 1 aliphatic rings. The minimum Gasteiger partial charge on any atom is -0.346 e. The number of benzene rings is 1. The molecular formula is C19H21N3O2S. The van der Waals surface area contributed by atoms with Gasteiger partial charge in [0.05, 0.1) is 23.6 Å². The van der Waals surface area contributed by atoms with Crippen LogP contribution >= 0.6 is 11.8 Å². The molecule has 25 heavy (non-hydrogen) atoms. The first-order chi connectivity index (χ1) is 12.2. The lowest BCUT2D eigenvalue weighted by Crippen LogP contribution is -2.29. The molecular weight excluding hydrogens is 334 g/mol. The van der Waals surface area contributed by atoms with Crippen LogP contribution < -0.4 is 5.32 Å². The number of aromatic nitrogens is 1. The highest BCUT2D eigenvalue weighted by molar-refractivity contribution is 8.00. The predicted molar refractivity (Wildman–Crippen MR) is 98.4 cm³/mol. The zero-order valence-electron chi connectivity index (χ0n) is 14.0. The van der Waals surface area contributed by atoms with Crippen molar-refractivity contribution in [3.05, 3.63) is 59.9 Å². The number of amides is 2. The van der Waals surface area contributed by atoms with E-state index in [1.165, 1.54) is 11.8 Å². The van der Waals surface area contributed by atoms with Crippen LogP contribution in [0.1, 0.15) is 28.9 Å². The summed E-state index contributed by atoms with van der Waals surface area (Å²) in [6.07, 6.45) is 3.88. The molecule has 0 aliphatic carbocycles. The van der Waals surface area contributed by atoms with Crippen molar-refractivity contribution in [3.63, 3.8) is 0 Å². The van der Waals surface area contributed by atoms with Crippen LogP contribution in [0, 0.1) is 0 Å². The zero-order chi connectivity index (χ0) is 17.5. The largest absolute Gasteiger partial charge is 0.346 e. The average molecular weight is 355 g/mol. The molecule has 6 heteroatoms. The third-order valence-corrected chi connectivity index (χ3v) is 5.16. The number of thioether (sulfide) groups is 1. The van der Waals surface area contributed by atoms with Gasteiger partial charge in [-0.25, -0.2) is 0 Å². The summed E-state index contributed by atoms with van der Waals surface area (Å²) < 4.78 is 0. The quantitative estimate of drug-likeness (QED) is 0.810. The summed E-state index contributed by atoms with van der Waals surface area (Å²) in [6, 6.07) is 13.0. The summed E-state index contributed by atoms with van der Waals surface area (Å²) in [7, 11) is 0. The number of carbonyl (C=O) groups is 2. The molecule has 130 valence electrons. The Balaban J connectivity index is 1.59. The van der Waals surface area contributed by atoms with E-state index in [4.69, 9.17) is 0 Å². The fourth-order valence-electron chi connectivity index (χ4n) is 2.75. The molecule has 1 N–H and O–H groups in total. The van der Waals surface area contributed by atoms with E-state index < -0.39 is 0 Å². The van der Waals surface area contributed by atoms with Gasteiger partial charge < -0.3 is 10.2 Å².